The van der Waals surface area contributed by atoms with E-state index in [4.69, 9.17) is 60.4 Å². The van der Waals surface area contributed by atoms with Gasteiger partial charge in [0.15, 0.2) is 45.5 Å². The molecule has 12 heteroatoms. The van der Waals surface area contributed by atoms with E-state index in [-0.39, 0.29) is 35.7 Å². The van der Waals surface area contributed by atoms with E-state index in [0.29, 0.717) is 161 Å². The van der Waals surface area contributed by atoms with Gasteiger partial charge in [0, 0.05) is 156 Å². The number of hydrogen-bond acceptors (Lipinski definition) is 4. The first kappa shape index (κ1) is 75.5. The van der Waals surface area contributed by atoms with Crippen molar-refractivity contribution in [3.63, 3.8) is 0 Å². The monoisotopic (exact) mass is 1850 g/mol. The van der Waals surface area contributed by atoms with E-state index in [0.717, 1.165) is 181 Å². The van der Waals surface area contributed by atoms with Crippen molar-refractivity contribution >= 4 is 111 Å². The van der Waals surface area contributed by atoms with Crippen LogP contribution in [-0.2, 0) is 34.6 Å². The lowest BCUT2D eigenvalue weighted by Gasteiger charge is -2.24. The van der Waals surface area contributed by atoms with Gasteiger partial charge in [0.05, 0.1) is 54.0 Å². The molecule has 0 radical (unpaired) electrons. The second-order valence-electron chi connectivity index (χ2n) is 37.4. The number of furan rings is 4. The molecule has 20 aromatic rings. The van der Waals surface area contributed by atoms with Crippen LogP contribution in [0.5, 0.6) is 0 Å². The molecule has 0 spiro atoms. The highest BCUT2D eigenvalue weighted by Crippen LogP contribution is 2.52. The SMILES string of the molecule is [2H]c1c(C)c(C([2H])(C)C)c(C)[n+](C)c1-c1c(C)ccc2c1oc1c(-c3ccccc3)c([N+]#[C-])ccc12.[2H]c1c(C)c(CC([2H])([2H])[2H])c(C)[n+](C)c1-c1c(C)ccc2c1oc1c(-c3ccccc3)c([N+]#[C-])ccc12.[2H]c1c(C2([2H])CCCC2)c(C([2H])([2H])[2H])c(C)[n+](C)c1-c1c(C)ccc2c1oc1c(-c3ccccc3)c([N+]#[C-])ccc12.[2H]c1c(C2([2H])CCCCC2)c(C([2H])([2H])[2H])c(C)[n+](C)c1-c1c(C)ccc2c1oc1c(-c3ccccc3)c([N+]#[C-])ccc12. The van der Waals surface area contributed by atoms with Crippen LogP contribution in [0.15, 0.2) is 260 Å². The standard InChI is InChI=1S/C34H33N2O.C33H31N2O.C31H29N2O.C30H27N2O/c1-21-16-17-26-27-18-19-29(35-4)32(25-14-10-7-11-15-25)34(27)37-33(26)31(21)30-20-28(22(2)23(3)36(30)5)24-12-8-6-9-13-24;1-20-15-16-25-26-17-18-28(34-4)31(24-13-7-6-8-14-24)33(26)36-32(25)30(20)29-19-27(23-11-9-10-12-23)21(2)22(3)35(29)5;1-18(2)27-20(4)17-26(33(7)21(27)5)28-19(3)13-14-23-24-15-16-25(32-6)29(31(24)34-30(23)28)22-11-9-8-10-12-22;1-7-22-19(3)17-26(32(6)20(22)4)27-18(2)13-14-23-24-15-16-25(31-5)28(30(24)33-29(23)27)21-11-9-8-10-12-21/h7,10-11,14-20,24H,6,8-9,12-13H2,1-3,5H3;6-8,13-19,23H,9-12H2,1-3,5H3;8-18H,1-5,7H3;8-17H,7H2,1-4,6H3/q4*+1/i2D3,20D,24D;2D3,19D,23D;17D,18D;1D3,17D. The fraction of sp³-hybridized carbons (Fsp3) is 0.250. The highest BCUT2D eigenvalue weighted by molar-refractivity contribution is 6.19. The largest absolute Gasteiger partial charge is 0.456 e. The Morgan fingerprint density at radius 3 is 0.857 bits per heavy atom. The van der Waals surface area contributed by atoms with Gasteiger partial charge in [-0.05, 0) is 172 Å². The molecular formula is C128H120N8O4+4. The van der Waals surface area contributed by atoms with Gasteiger partial charge in [-0.25, -0.2) is 19.4 Å². The van der Waals surface area contributed by atoms with Crippen LogP contribution >= 0.6 is 0 Å². The minimum Gasteiger partial charge on any atom is -0.456 e. The fourth-order valence-electron chi connectivity index (χ4n) is 21.3. The summed E-state index contributed by atoms with van der Waals surface area (Å²) < 4.78 is 173. The van der Waals surface area contributed by atoms with Gasteiger partial charge >= 0.3 is 0 Å². The van der Waals surface area contributed by atoms with Crippen molar-refractivity contribution < 1.29 is 57.9 Å². The quantitative estimate of drug-likeness (QED) is 0.0901. The van der Waals surface area contributed by atoms with Crippen LogP contribution in [0.1, 0.15) is 208 Å². The van der Waals surface area contributed by atoms with E-state index >= 15 is 0 Å². The predicted octanol–water partition coefficient (Wildman–Crippen LogP) is 34.3. The summed E-state index contributed by atoms with van der Waals surface area (Å²) in [4.78, 5) is 15.1. The molecule has 12 nitrogen and oxygen atoms in total. The van der Waals surface area contributed by atoms with E-state index in [1.54, 1.807) is 37.1 Å². The molecule has 0 amide bonds. The van der Waals surface area contributed by atoms with E-state index < -0.39 is 38.2 Å². The molecule has 8 heterocycles. The van der Waals surface area contributed by atoms with Gasteiger partial charge < -0.3 is 17.7 Å². The average molecular weight is 1850 g/mol. The molecule has 12 aromatic carbocycles. The van der Waals surface area contributed by atoms with Crippen molar-refractivity contribution in [2.75, 3.05) is 0 Å². The Hall–Kier alpha value is -15.6. The number of pyridine rings is 4. The number of rotatable bonds is 12. The number of hydrogen-bond donors (Lipinski definition) is 0. The van der Waals surface area contributed by atoms with Crippen LogP contribution in [-0.4, -0.2) is 0 Å². The number of aryl methyl sites for hydroxylation is 4. The summed E-state index contributed by atoms with van der Waals surface area (Å²) in [6.45, 7) is 47.1. The number of aromatic nitrogens is 4. The molecule has 2 aliphatic rings. The van der Waals surface area contributed by atoms with Gasteiger partial charge in [-0.15, -0.1) is 0 Å². The molecule has 8 aromatic heterocycles. The molecule has 2 saturated carbocycles. The molecule has 0 atom stereocenters. The van der Waals surface area contributed by atoms with Crippen LogP contribution in [0.4, 0.5) is 22.7 Å². The van der Waals surface area contributed by atoms with Crippen LogP contribution in [0, 0.1) is 109 Å². The summed E-state index contributed by atoms with van der Waals surface area (Å²) in [6, 6.07) is 71.2. The van der Waals surface area contributed by atoms with E-state index in [1.807, 2.05) is 299 Å². The molecule has 2 fully saturated rings. The van der Waals surface area contributed by atoms with Crippen molar-refractivity contribution in [2.24, 2.45) is 28.2 Å². The van der Waals surface area contributed by atoms with Gasteiger partial charge in [0.25, 0.3) is 0 Å². The fourth-order valence-corrected chi connectivity index (χ4v) is 21.3. The van der Waals surface area contributed by atoms with Crippen LogP contribution in [0.25, 0.3) is 197 Å². The molecule has 0 saturated heterocycles. The van der Waals surface area contributed by atoms with E-state index in [1.165, 1.54) is 0 Å². The first-order valence-corrected chi connectivity index (χ1v) is 47.8. The maximum atomic E-state index is 9.58. The molecular weight excluding hydrogens is 1710 g/mol. The Morgan fingerprint density at radius 2 is 0.579 bits per heavy atom. The Kier molecular flexibility index (Phi) is 20.7. The van der Waals surface area contributed by atoms with Gasteiger partial charge in [0.2, 0.25) is 22.8 Å². The zero-order chi connectivity index (χ0) is 112. The Bertz CT molecular complexity index is 9360. The highest BCUT2D eigenvalue weighted by atomic mass is 16.3. The predicted molar refractivity (Wildman–Crippen MR) is 575 cm³/mol. The van der Waals surface area contributed by atoms with Crippen LogP contribution in [0.3, 0.4) is 0 Å². The van der Waals surface area contributed by atoms with Crippen molar-refractivity contribution in [2.45, 2.75) is 186 Å². The lowest BCUT2D eigenvalue weighted by molar-refractivity contribution is -0.667. The summed E-state index contributed by atoms with van der Waals surface area (Å²) in [5.41, 5.74) is 29.8. The third-order valence-corrected chi connectivity index (χ3v) is 29.0. The molecule has 0 bridgehead atoms. The first-order chi connectivity index (χ1) is 74.0. The zero-order valence-electron chi connectivity index (χ0n) is 98.1. The second kappa shape index (κ2) is 38.4. The lowest BCUT2D eigenvalue weighted by Crippen LogP contribution is -2.37. The smallest absolute Gasteiger partial charge is 0.216 e. The maximum Gasteiger partial charge on any atom is 0.216 e. The zero-order valence-corrected chi connectivity index (χ0v) is 82.1. The first-order valence-electron chi connectivity index (χ1n) is 55.8. The van der Waals surface area contributed by atoms with Gasteiger partial charge in [-0.1, -0.05) is 271 Å². The highest BCUT2D eigenvalue weighted by Gasteiger charge is 2.35. The third-order valence-electron chi connectivity index (χ3n) is 29.0. The number of benzene rings is 12. The number of nitrogens with zero attached hydrogens (tertiary/aromatic N) is 8. The molecule has 692 valence electrons. The second-order valence-corrected chi connectivity index (χ2v) is 37.4. The summed E-state index contributed by atoms with van der Waals surface area (Å²) in [7, 11) is 7.43. The molecule has 0 N–H and O–H groups in total. The summed E-state index contributed by atoms with van der Waals surface area (Å²) in [5.74, 6) is -3.09. The van der Waals surface area contributed by atoms with E-state index in [9.17, 15) is 5.48 Å². The minimum absolute atomic E-state index is 0.0716. The van der Waals surface area contributed by atoms with Crippen LogP contribution < -0.4 is 18.3 Å². The number of fused-ring (bicyclic) bond motifs is 12. The Labute approximate surface area is 844 Å². The molecule has 2 aliphatic carbocycles. The molecule has 22 rings (SSSR count). The van der Waals surface area contributed by atoms with Crippen molar-refractivity contribution in [1.29, 1.82) is 0 Å². The molecule has 0 unspecified atom stereocenters. The van der Waals surface area contributed by atoms with Crippen molar-refractivity contribution in [3.8, 4) is 89.5 Å². The minimum atomic E-state index is -2.46. The maximum absolute atomic E-state index is 9.58. The van der Waals surface area contributed by atoms with Crippen molar-refractivity contribution in [1.82, 2.24) is 0 Å². The van der Waals surface area contributed by atoms with Gasteiger partial charge in [-0.3, -0.25) is 0 Å². The average Bonchev–Trinajstić information content (AvgIpc) is 1.51. The summed E-state index contributed by atoms with van der Waals surface area (Å²) in [5, 5.41) is 7.17. The summed E-state index contributed by atoms with van der Waals surface area (Å²) in [6.07, 6.45) is 6.39. The molecule has 0 aliphatic heterocycles. The van der Waals surface area contributed by atoms with Crippen molar-refractivity contribution in [3.05, 3.63) is 378 Å². The van der Waals surface area contributed by atoms with E-state index in [2.05, 4.69) is 31.5 Å². The topological polar surface area (TPSA) is 85.5 Å². The Morgan fingerprint density at radius 1 is 0.321 bits per heavy atom. The third kappa shape index (κ3) is 16.2. The lowest BCUT2D eigenvalue weighted by atomic mass is 9.81. The normalized spacial score (nSPS) is 15.3. The van der Waals surface area contributed by atoms with Gasteiger partial charge in [-0.2, -0.15) is 18.3 Å². The summed E-state index contributed by atoms with van der Waals surface area (Å²) >= 11 is 0. The molecule has 140 heavy (non-hydrogen) atoms. The van der Waals surface area contributed by atoms with Crippen LogP contribution in [0.2, 0.25) is 0 Å². The Balaban J connectivity index is 0.000000130. The van der Waals surface area contributed by atoms with Gasteiger partial charge in [0.1, 0.15) is 72.9 Å².